The molecule has 1 amide bonds. The highest BCUT2D eigenvalue weighted by atomic mass is 35.5. The van der Waals surface area contributed by atoms with Crippen molar-refractivity contribution < 1.29 is 9.53 Å². The Morgan fingerprint density at radius 1 is 1.24 bits per heavy atom. The molecular formula is C20H23ClN6O2. The third-order valence-electron chi connectivity index (χ3n) is 4.72. The molecule has 0 atom stereocenters. The number of ether oxygens (including phenoxy) is 1. The van der Waals surface area contributed by atoms with Crippen LogP contribution in [0.5, 0.6) is 5.75 Å². The molecule has 1 aromatic heterocycles. The van der Waals surface area contributed by atoms with Gasteiger partial charge in [0.05, 0.1) is 16.7 Å². The van der Waals surface area contributed by atoms with Crippen LogP contribution < -0.4 is 21.1 Å². The number of nitrogens with zero attached hydrogens (tertiary/aromatic N) is 3. The molecule has 152 valence electrons. The van der Waals surface area contributed by atoms with Gasteiger partial charge in [-0.05, 0) is 49.9 Å². The number of carbonyl (C=O) groups excluding carboxylic acids is 1. The van der Waals surface area contributed by atoms with Crippen LogP contribution in [-0.2, 0) is 0 Å². The lowest BCUT2D eigenvalue weighted by atomic mass is 9.93. The van der Waals surface area contributed by atoms with E-state index in [1.54, 1.807) is 30.3 Å². The predicted molar refractivity (Wildman–Crippen MR) is 110 cm³/mol. The highest BCUT2D eigenvalue weighted by Crippen LogP contribution is 2.27. The average Bonchev–Trinajstić information content (AvgIpc) is 2.74. The minimum atomic E-state index is -0.230. The first-order valence-electron chi connectivity index (χ1n) is 9.54. The molecule has 1 aliphatic carbocycles. The van der Waals surface area contributed by atoms with Crippen LogP contribution in [0.15, 0.2) is 30.3 Å². The second-order valence-electron chi connectivity index (χ2n) is 6.84. The number of benzene rings is 1. The summed E-state index contributed by atoms with van der Waals surface area (Å²) >= 11 is 6.05. The van der Waals surface area contributed by atoms with Gasteiger partial charge in [-0.1, -0.05) is 11.6 Å². The fourth-order valence-electron chi connectivity index (χ4n) is 3.18. The zero-order valence-corrected chi connectivity index (χ0v) is 16.7. The molecule has 0 bridgehead atoms. The van der Waals surface area contributed by atoms with E-state index in [0.717, 1.165) is 25.7 Å². The van der Waals surface area contributed by atoms with Gasteiger partial charge < -0.3 is 21.1 Å². The van der Waals surface area contributed by atoms with E-state index in [0.29, 0.717) is 35.2 Å². The Bertz CT molecular complexity index is 876. The van der Waals surface area contributed by atoms with Crippen LogP contribution in [0.3, 0.4) is 0 Å². The standard InChI is InChI=1S/C20H23ClN6O2/c21-17-11-16(4-1-13(17)12-23)29-15-5-2-14(3-6-15)25-20(28)18-7-8-19(27-26-18)24-10-9-22/h1,4,7-8,11,14-15H,2-3,5-6,9-10,22H2,(H,24,27)(H,25,28). The molecule has 0 aliphatic heterocycles. The SMILES string of the molecule is N#Cc1ccc(OC2CCC(NC(=O)c3ccc(NCCN)nn3)CC2)cc1Cl. The van der Waals surface area contributed by atoms with Gasteiger partial charge in [-0.3, -0.25) is 4.79 Å². The summed E-state index contributed by atoms with van der Waals surface area (Å²) in [6.45, 7) is 1.09. The Labute approximate surface area is 174 Å². The molecule has 1 saturated carbocycles. The number of nitrogens with one attached hydrogen (secondary N) is 2. The van der Waals surface area contributed by atoms with Crippen molar-refractivity contribution in [1.29, 1.82) is 5.26 Å². The van der Waals surface area contributed by atoms with Crippen LogP contribution in [0.4, 0.5) is 5.82 Å². The number of hydrogen-bond acceptors (Lipinski definition) is 7. The minimum Gasteiger partial charge on any atom is -0.490 e. The second kappa shape index (κ2) is 10.0. The lowest BCUT2D eigenvalue weighted by Gasteiger charge is -2.29. The monoisotopic (exact) mass is 414 g/mol. The largest absolute Gasteiger partial charge is 0.490 e. The molecule has 9 heteroatoms. The first kappa shape index (κ1) is 20.8. The summed E-state index contributed by atoms with van der Waals surface area (Å²) in [6.07, 6.45) is 3.31. The van der Waals surface area contributed by atoms with Gasteiger partial charge in [-0.25, -0.2) is 0 Å². The van der Waals surface area contributed by atoms with Gasteiger partial charge in [-0.15, -0.1) is 10.2 Å². The average molecular weight is 415 g/mol. The molecule has 4 N–H and O–H groups in total. The Hall–Kier alpha value is -2.89. The number of halogens is 1. The van der Waals surface area contributed by atoms with Crippen molar-refractivity contribution in [2.75, 3.05) is 18.4 Å². The van der Waals surface area contributed by atoms with Crippen LogP contribution in [-0.4, -0.2) is 41.3 Å². The van der Waals surface area contributed by atoms with Crippen LogP contribution in [0.1, 0.15) is 41.7 Å². The van der Waals surface area contributed by atoms with Crippen molar-refractivity contribution in [3.63, 3.8) is 0 Å². The Morgan fingerprint density at radius 2 is 2.03 bits per heavy atom. The minimum absolute atomic E-state index is 0.0554. The zero-order chi connectivity index (χ0) is 20.6. The number of aromatic nitrogens is 2. The maximum atomic E-state index is 12.4. The van der Waals surface area contributed by atoms with Gasteiger partial charge in [-0.2, -0.15) is 5.26 Å². The number of hydrogen-bond donors (Lipinski definition) is 3. The fourth-order valence-corrected chi connectivity index (χ4v) is 3.40. The summed E-state index contributed by atoms with van der Waals surface area (Å²) < 4.78 is 5.97. The lowest BCUT2D eigenvalue weighted by molar-refractivity contribution is 0.0888. The normalized spacial score (nSPS) is 18.5. The Morgan fingerprint density at radius 3 is 2.66 bits per heavy atom. The van der Waals surface area contributed by atoms with Gasteiger partial charge in [0.1, 0.15) is 17.6 Å². The van der Waals surface area contributed by atoms with Gasteiger partial charge in [0, 0.05) is 25.2 Å². The van der Waals surface area contributed by atoms with E-state index in [2.05, 4.69) is 20.8 Å². The number of nitriles is 1. The van der Waals surface area contributed by atoms with Crippen molar-refractivity contribution in [2.45, 2.75) is 37.8 Å². The number of carbonyl (C=O) groups is 1. The molecule has 1 aliphatic rings. The second-order valence-corrected chi connectivity index (χ2v) is 7.24. The summed E-state index contributed by atoms with van der Waals surface area (Å²) in [5.41, 5.74) is 6.14. The first-order valence-corrected chi connectivity index (χ1v) is 9.91. The Balaban J connectivity index is 1.46. The van der Waals surface area contributed by atoms with Crippen molar-refractivity contribution in [3.05, 3.63) is 46.6 Å². The molecule has 8 nitrogen and oxygen atoms in total. The first-order chi connectivity index (χ1) is 14.1. The van der Waals surface area contributed by atoms with Crippen LogP contribution >= 0.6 is 11.6 Å². The summed E-state index contributed by atoms with van der Waals surface area (Å²) in [5, 5.41) is 23.3. The maximum absolute atomic E-state index is 12.4. The molecule has 0 radical (unpaired) electrons. The summed E-state index contributed by atoms with van der Waals surface area (Å²) in [7, 11) is 0. The molecule has 29 heavy (non-hydrogen) atoms. The van der Waals surface area contributed by atoms with Crippen molar-refractivity contribution in [1.82, 2.24) is 15.5 Å². The van der Waals surface area contributed by atoms with E-state index < -0.39 is 0 Å². The molecule has 2 aromatic rings. The molecule has 3 rings (SSSR count). The molecule has 1 heterocycles. The molecule has 0 spiro atoms. The smallest absolute Gasteiger partial charge is 0.272 e. The van der Waals surface area contributed by atoms with Crippen molar-refractivity contribution >= 4 is 23.3 Å². The molecule has 1 fully saturated rings. The molecule has 0 unspecified atom stereocenters. The molecule has 0 saturated heterocycles. The van der Waals surface area contributed by atoms with E-state index >= 15 is 0 Å². The van der Waals surface area contributed by atoms with Gasteiger partial charge in [0.15, 0.2) is 5.69 Å². The van der Waals surface area contributed by atoms with Crippen molar-refractivity contribution in [2.24, 2.45) is 5.73 Å². The predicted octanol–water partition coefficient (Wildman–Crippen LogP) is 2.49. The fraction of sp³-hybridized carbons (Fsp3) is 0.400. The van der Waals surface area contributed by atoms with E-state index in [1.165, 1.54) is 0 Å². The van der Waals surface area contributed by atoms with Gasteiger partial charge in [0.2, 0.25) is 0 Å². The van der Waals surface area contributed by atoms with E-state index in [9.17, 15) is 4.79 Å². The van der Waals surface area contributed by atoms with Crippen molar-refractivity contribution in [3.8, 4) is 11.8 Å². The highest BCUT2D eigenvalue weighted by molar-refractivity contribution is 6.31. The molecular weight excluding hydrogens is 392 g/mol. The maximum Gasteiger partial charge on any atom is 0.272 e. The third kappa shape index (κ3) is 5.79. The third-order valence-corrected chi connectivity index (χ3v) is 5.03. The van der Waals surface area contributed by atoms with E-state index in [-0.39, 0.29) is 23.7 Å². The van der Waals surface area contributed by atoms with Crippen LogP contribution in [0, 0.1) is 11.3 Å². The summed E-state index contributed by atoms with van der Waals surface area (Å²) in [4.78, 5) is 12.4. The number of nitrogens with two attached hydrogens (primary N) is 1. The van der Waals surface area contributed by atoms with Crippen LogP contribution in [0.2, 0.25) is 5.02 Å². The van der Waals surface area contributed by atoms with E-state index in [4.69, 9.17) is 27.3 Å². The van der Waals surface area contributed by atoms with E-state index in [1.807, 2.05) is 6.07 Å². The Kier molecular flexibility index (Phi) is 7.22. The topological polar surface area (TPSA) is 126 Å². The zero-order valence-electron chi connectivity index (χ0n) is 15.9. The number of anilines is 1. The van der Waals surface area contributed by atoms with Gasteiger partial charge in [0.25, 0.3) is 5.91 Å². The summed E-state index contributed by atoms with van der Waals surface area (Å²) in [5.74, 6) is 1.01. The summed E-state index contributed by atoms with van der Waals surface area (Å²) in [6, 6.07) is 10.5. The quantitative estimate of drug-likeness (QED) is 0.635. The number of amides is 1. The lowest BCUT2D eigenvalue weighted by Crippen LogP contribution is -2.40. The highest BCUT2D eigenvalue weighted by Gasteiger charge is 2.24. The van der Waals surface area contributed by atoms with Crippen LogP contribution in [0.25, 0.3) is 0 Å². The molecule has 1 aromatic carbocycles. The van der Waals surface area contributed by atoms with Gasteiger partial charge >= 0.3 is 0 Å². The number of rotatable bonds is 7.